The van der Waals surface area contributed by atoms with E-state index in [-0.39, 0.29) is 11.9 Å². The highest BCUT2D eigenvalue weighted by Gasteiger charge is 2.39. The number of alkyl carbamates (subject to hydrolysis) is 1. The Labute approximate surface area is 168 Å². The van der Waals surface area contributed by atoms with Gasteiger partial charge in [0.25, 0.3) is 0 Å². The third kappa shape index (κ3) is 6.38. The fraction of sp³-hybridized carbons (Fsp3) is 0.857. The number of hydrogen-bond acceptors (Lipinski definition) is 4. The number of carboxylic acid groups (broad SMARTS) is 1. The van der Waals surface area contributed by atoms with Gasteiger partial charge in [0.15, 0.2) is 0 Å². The van der Waals surface area contributed by atoms with E-state index in [9.17, 15) is 19.5 Å². The first kappa shape index (κ1) is 22.5. The quantitative estimate of drug-likeness (QED) is 0.684. The Morgan fingerprint density at radius 1 is 1.07 bits per heavy atom. The number of ether oxygens (including phenoxy) is 1. The van der Waals surface area contributed by atoms with Crippen LogP contribution in [0.3, 0.4) is 0 Å². The topological polar surface area (TPSA) is 95.9 Å². The molecule has 0 aromatic carbocycles. The summed E-state index contributed by atoms with van der Waals surface area (Å²) in [5.74, 6) is -0.939. The molecule has 0 radical (unpaired) electrons. The highest BCUT2D eigenvalue weighted by molar-refractivity contribution is 5.89. The van der Waals surface area contributed by atoms with E-state index in [0.717, 1.165) is 51.4 Å². The maximum absolute atomic E-state index is 13.5. The lowest BCUT2D eigenvalue weighted by Crippen LogP contribution is -2.57. The molecule has 2 amide bonds. The van der Waals surface area contributed by atoms with Crippen LogP contribution in [0.25, 0.3) is 0 Å². The lowest BCUT2D eigenvalue weighted by molar-refractivity contribution is -0.152. The molecule has 0 bridgehead atoms. The third-order valence-electron chi connectivity index (χ3n) is 5.78. The van der Waals surface area contributed by atoms with Crippen molar-refractivity contribution in [2.24, 2.45) is 5.92 Å². The van der Waals surface area contributed by atoms with Crippen LogP contribution in [-0.2, 0) is 14.3 Å². The minimum atomic E-state index is -1.02. The Morgan fingerprint density at radius 3 is 2.11 bits per heavy atom. The summed E-state index contributed by atoms with van der Waals surface area (Å²) in [6.07, 6.45) is 7.87. The molecule has 160 valence electrons. The molecular weight excluding hydrogens is 360 g/mol. The van der Waals surface area contributed by atoms with E-state index in [0.29, 0.717) is 12.3 Å². The lowest BCUT2D eigenvalue weighted by atomic mass is 9.96. The summed E-state index contributed by atoms with van der Waals surface area (Å²) >= 11 is 0. The normalized spacial score (nSPS) is 20.6. The van der Waals surface area contributed by atoms with Gasteiger partial charge in [-0.2, -0.15) is 0 Å². The largest absolute Gasteiger partial charge is 0.480 e. The van der Waals surface area contributed by atoms with Gasteiger partial charge in [0, 0.05) is 6.04 Å². The zero-order valence-electron chi connectivity index (χ0n) is 17.7. The summed E-state index contributed by atoms with van der Waals surface area (Å²) < 4.78 is 5.36. The summed E-state index contributed by atoms with van der Waals surface area (Å²) in [5.41, 5.74) is -0.662. The third-order valence-corrected chi connectivity index (χ3v) is 5.78. The molecule has 0 aromatic heterocycles. The molecular formula is C21H36N2O5. The molecule has 0 aromatic rings. The van der Waals surface area contributed by atoms with Gasteiger partial charge in [-0.25, -0.2) is 9.59 Å². The van der Waals surface area contributed by atoms with E-state index in [1.165, 1.54) is 4.90 Å². The maximum Gasteiger partial charge on any atom is 0.408 e. The Morgan fingerprint density at radius 2 is 1.61 bits per heavy atom. The molecule has 2 aliphatic carbocycles. The second-order valence-electron chi connectivity index (χ2n) is 9.28. The van der Waals surface area contributed by atoms with Crippen LogP contribution < -0.4 is 5.32 Å². The van der Waals surface area contributed by atoms with Crippen LogP contribution in [-0.4, -0.2) is 51.7 Å². The number of amides is 2. The molecule has 2 atom stereocenters. The molecule has 2 saturated carbocycles. The average molecular weight is 397 g/mol. The highest BCUT2D eigenvalue weighted by Crippen LogP contribution is 2.31. The van der Waals surface area contributed by atoms with Crippen LogP contribution >= 0.6 is 0 Å². The molecule has 2 fully saturated rings. The van der Waals surface area contributed by atoms with Crippen molar-refractivity contribution in [1.82, 2.24) is 10.2 Å². The number of nitrogens with zero attached hydrogens (tertiary/aromatic N) is 1. The van der Waals surface area contributed by atoms with Crippen molar-refractivity contribution in [2.45, 2.75) is 109 Å². The van der Waals surface area contributed by atoms with Gasteiger partial charge in [-0.05, 0) is 52.9 Å². The van der Waals surface area contributed by atoms with Gasteiger partial charge in [-0.15, -0.1) is 0 Å². The molecule has 2 aliphatic rings. The van der Waals surface area contributed by atoms with Gasteiger partial charge in [0.05, 0.1) is 0 Å². The minimum Gasteiger partial charge on any atom is -0.480 e. The number of carboxylic acids is 1. The number of rotatable bonds is 7. The fourth-order valence-electron chi connectivity index (χ4n) is 4.42. The van der Waals surface area contributed by atoms with E-state index in [4.69, 9.17) is 4.74 Å². The van der Waals surface area contributed by atoms with Crippen molar-refractivity contribution in [3.05, 3.63) is 0 Å². The summed E-state index contributed by atoms with van der Waals surface area (Å²) in [6.45, 7) is 6.88. The van der Waals surface area contributed by atoms with E-state index < -0.39 is 29.7 Å². The SMILES string of the molecule is C[C@H](C(=O)O)N(C(=O)[C@@H](CC1CCCC1)NC(=O)OC(C)(C)C)C1CCCC1. The number of hydrogen-bond donors (Lipinski definition) is 2. The molecule has 28 heavy (non-hydrogen) atoms. The predicted octanol–water partition coefficient (Wildman–Crippen LogP) is 3.70. The average Bonchev–Trinajstić information content (AvgIpc) is 3.26. The Bertz CT molecular complexity index is 560. The van der Waals surface area contributed by atoms with Crippen LogP contribution in [0.2, 0.25) is 0 Å². The first-order chi connectivity index (χ1) is 13.1. The van der Waals surface area contributed by atoms with E-state index in [1.54, 1.807) is 27.7 Å². The molecule has 0 saturated heterocycles. The monoisotopic (exact) mass is 396 g/mol. The van der Waals surface area contributed by atoms with Gasteiger partial charge in [0.2, 0.25) is 5.91 Å². The smallest absolute Gasteiger partial charge is 0.408 e. The molecule has 0 aliphatic heterocycles. The van der Waals surface area contributed by atoms with Crippen LogP contribution in [0.4, 0.5) is 4.79 Å². The number of nitrogens with one attached hydrogen (secondary N) is 1. The molecule has 2 N–H and O–H groups in total. The second-order valence-corrected chi connectivity index (χ2v) is 9.28. The highest BCUT2D eigenvalue weighted by atomic mass is 16.6. The minimum absolute atomic E-state index is 0.0786. The van der Waals surface area contributed by atoms with Gasteiger partial charge in [-0.1, -0.05) is 38.5 Å². The molecule has 2 rings (SSSR count). The standard InChI is InChI=1S/C21H36N2O5/c1-14(19(25)26)23(16-11-7-8-12-16)18(24)17(13-15-9-5-6-10-15)22-20(27)28-21(2,3)4/h14-17H,5-13H2,1-4H3,(H,22,27)(H,25,26)/t14-,17-/m1/s1. The lowest BCUT2D eigenvalue weighted by Gasteiger charge is -2.36. The Balaban J connectivity index is 2.20. The van der Waals surface area contributed by atoms with Crippen molar-refractivity contribution in [3.8, 4) is 0 Å². The molecule has 0 unspecified atom stereocenters. The number of carbonyl (C=O) groups excluding carboxylic acids is 2. The summed E-state index contributed by atoms with van der Waals surface area (Å²) in [4.78, 5) is 39.0. The zero-order valence-corrected chi connectivity index (χ0v) is 17.7. The Kier molecular flexibility index (Phi) is 7.72. The summed E-state index contributed by atoms with van der Waals surface area (Å²) in [6, 6.07) is -1.74. The predicted molar refractivity (Wildman–Crippen MR) is 106 cm³/mol. The van der Waals surface area contributed by atoms with E-state index in [2.05, 4.69) is 5.32 Å². The summed E-state index contributed by atoms with van der Waals surface area (Å²) in [5, 5.41) is 12.3. The second kappa shape index (κ2) is 9.61. The first-order valence-electron chi connectivity index (χ1n) is 10.6. The molecule has 0 heterocycles. The van der Waals surface area contributed by atoms with Crippen molar-refractivity contribution in [1.29, 1.82) is 0 Å². The number of carbonyl (C=O) groups is 3. The first-order valence-corrected chi connectivity index (χ1v) is 10.6. The van der Waals surface area contributed by atoms with Crippen molar-refractivity contribution >= 4 is 18.0 Å². The molecule has 7 heteroatoms. The van der Waals surface area contributed by atoms with Crippen LogP contribution in [0.5, 0.6) is 0 Å². The maximum atomic E-state index is 13.5. The fourth-order valence-corrected chi connectivity index (χ4v) is 4.42. The molecule has 0 spiro atoms. The van der Waals surface area contributed by atoms with Crippen LogP contribution in [0.15, 0.2) is 0 Å². The van der Waals surface area contributed by atoms with Crippen molar-refractivity contribution in [3.63, 3.8) is 0 Å². The van der Waals surface area contributed by atoms with Gasteiger partial charge in [-0.3, -0.25) is 4.79 Å². The van der Waals surface area contributed by atoms with Crippen LogP contribution in [0, 0.1) is 5.92 Å². The van der Waals surface area contributed by atoms with E-state index >= 15 is 0 Å². The van der Waals surface area contributed by atoms with Crippen LogP contribution in [0.1, 0.15) is 85.5 Å². The van der Waals surface area contributed by atoms with E-state index in [1.807, 2.05) is 0 Å². The van der Waals surface area contributed by atoms with Crippen molar-refractivity contribution < 1.29 is 24.2 Å². The van der Waals surface area contributed by atoms with Crippen molar-refractivity contribution in [2.75, 3.05) is 0 Å². The number of aliphatic carboxylic acids is 1. The Hall–Kier alpha value is -1.79. The zero-order chi connectivity index (χ0) is 20.9. The van der Waals surface area contributed by atoms with Gasteiger partial charge >= 0.3 is 12.1 Å². The molecule has 7 nitrogen and oxygen atoms in total. The van der Waals surface area contributed by atoms with Gasteiger partial charge in [0.1, 0.15) is 17.7 Å². The van der Waals surface area contributed by atoms with Gasteiger partial charge < -0.3 is 20.1 Å². The summed E-state index contributed by atoms with van der Waals surface area (Å²) in [7, 11) is 0.